The molecule has 1 heterocycles. The van der Waals surface area contributed by atoms with Crippen molar-refractivity contribution in [2.75, 3.05) is 4.72 Å². The number of fused-ring (bicyclic) bond motifs is 1. The number of benzene rings is 2. The summed E-state index contributed by atoms with van der Waals surface area (Å²) in [6.07, 6.45) is 3.89. The van der Waals surface area contributed by atoms with Crippen LogP contribution in [0, 0.1) is 5.82 Å². The summed E-state index contributed by atoms with van der Waals surface area (Å²) < 4.78 is 41.9. The summed E-state index contributed by atoms with van der Waals surface area (Å²) in [6.45, 7) is 1.88. The average Bonchev–Trinajstić information content (AvgIpc) is 2.75. The van der Waals surface area contributed by atoms with Crippen LogP contribution in [0.3, 0.4) is 0 Å². The number of nitrogens with one attached hydrogen (secondary N) is 2. The van der Waals surface area contributed by atoms with Gasteiger partial charge in [0, 0.05) is 16.8 Å². The Morgan fingerprint density at radius 2 is 1.77 bits per heavy atom. The predicted molar refractivity (Wildman–Crippen MR) is 114 cm³/mol. The summed E-state index contributed by atoms with van der Waals surface area (Å²) in [5.74, 6) is -0.442. The number of sulfonamides is 1. The highest BCUT2D eigenvalue weighted by Crippen LogP contribution is 2.31. The number of rotatable bonds is 5. The van der Waals surface area contributed by atoms with E-state index < -0.39 is 15.8 Å². The number of aromatic nitrogens is 2. The molecule has 1 aromatic heterocycles. The molecule has 0 unspecified atom stereocenters. The van der Waals surface area contributed by atoms with E-state index in [2.05, 4.69) is 14.9 Å². The topological polar surface area (TPSA) is 91.9 Å². The zero-order valence-electron chi connectivity index (χ0n) is 16.5. The molecule has 0 saturated heterocycles. The van der Waals surface area contributed by atoms with Gasteiger partial charge in [0.25, 0.3) is 15.6 Å². The highest BCUT2D eigenvalue weighted by Gasteiger charge is 2.23. The largest absolute Gasteiger partial charge is 0.280 e. The van der Waals surface area contributed by atoms with Crippen LogP contribution in [0.2, 0.25) is 0 Å². The number of nitrogens with zero attached hydrogens (tertiary/aromatic N) is 1. The summed E-state index contributed by atoms with van der Waals surface area (Å²) in [7, 11) is -3.90. The second kappa shape index (κ2) is 8.02. The summed E-state index contributed by atoms with van der Waals surface area (Å²) in [5, 5.41) is 6.79. The minimum Gasteiger partial charge on any atom is -0.280 e. The van der Waals surface area contributed by atoms with Gasteiger partial charge in [0.15, 0.2) is 0 Å². The molecular weight excluding hydrogens is 405 g/mol. The fourth-order valence-corrected chi connectivity index (χ4v) is 5.27. The van der Waals surface area contributed by atoms with Gasteiger partial charge in [0.2, 0.25) is 0 Å². The lowest BCUT2D eigenvalue weighted by molar-refractivity contribution is 0.600. The van der Waals surface area contributed by atoms with Gasteiger partial charge in [-0.1, -0.05) is 19.1 Å². The number of halogens is 1. The molecule has 2 N–H and O–H groups in total. The normalized spacial score (nSPS) is 13.7. The number of anilines is 1. The van der Waals surface area contributed by atoms with E-state index in [1.54, 1.807) is 12.1 Å². The van der Waals surface area contributed by atoms with Crippen LogP contribution in [0.25, 0.3) is 11.3 Å². The molecule has 30 heavy (non-hydrogen) atoms. The second-order valence-electron chi connectivity index (χ2n) is 7.35. The fraction of sp³-hybridized carbons (Fsp3) is 0.273. The van der Waals surface area contributed by atoms with Crippen LogP contribution >= 0.6 is 0 Å². The lowest BCUT2D eigenvalue weighted by Crippen LogP contribution is -2.21. The second-order valence-corrected chi connectivity index (χ2v) is 9.00. The standard InChI is InChI=1S/C22H22FN3O3S/c1-2-14-7-8-15(21-18-5-3-4-6-19(18)22(27)25-24-21)13-20(14)30(28,29)26-17-11-9-16(23)10-12-17/h7-13,26H,2-6H2,1H3,(H,25,27). The van der Waals surface area contributed by atoms with Crippen molar-refractivity contribution in [1.29, 1.82) is 0 Å². The van der Waals surface area contributed by atoms with Gasteiger partial charge in [0.05, 0.1) is 10.6 Å². The first-order valence-corrected chi connectivity index (χ1v) is 11.4. The van der Waals surface area contributed by atoms with Crippen molar-refractivity contribution in [2.45, 2.75) is 43.9 Å². The van der Waals surface area contributed by atoms with Crippen LogP contribution in [0.4, 0.5) is 10.1 Å². The summed E-state index contributed by atoms with van der Waals surface area (Å²) in [5.41, 5.74) is 3.65. The van der Waals surface area contributed by atoms with Gasteiger partial charge in [-0.3, -0.25) is 9.52 Å². The van der Waals surface area contributed by atoms with E-state index in [0.29, 0.717) is 29.7 Å². The van der Waals surface area contributed by atoms with Crippen LogP contribution in [0.15, 0.2) is 52.2 Å². The Labute approximate surface area is 174 Å². The van der Waals surface area contributed by atoms with Gasteiger partial charge in [-0.2, -0.15) is 5.10 Å². The van der Waals surface area contributed by atoms with E-state index >= 15 is 0 Å². The Morgan fingerprint density at radius 1 is 1.07 bits per heavy atom. The smallest absolute Gasteiger partial charge is 0.267 e. The average molecular weight is 428 g/mol. The maximum Gasteiger partial charge on any atom is 0.267 e. The lowest BCUT2D eigenvalue weighted by atomic mass is 9.89. The van der Waals surface area contributed by atoms with Gasteiger partial charge in [0.1, 0.15) is 5.82 Å². The minimum absolute atomic E-state index is 0.143. The predicted octanol–water partition coefficient (Wildman–Crippen LogP) is 3.82. The van der Waals surface area contributed by atoms with Crippen molar-refractivity contribution in [3.63, 3.8) is 0 Å². The van der Waals surface area contributed by atoms with E-state index in [-0.39, 0.29) is 16.1 Å². The van der Waals surface area contributed by atoms with E-state index in [0.717, 1.165) is 30.4 Å². The van der Waals surface area contributed by atoms with Crippen LogP contribution in [-0.4, -0.2) is 18.6 Å². The molecular formula is C22H22FN3O3S. The van der Waals surface area contributed by atoms with Crippen molar-refractivity contribution >= 4 is 15.7 Å². The number of aryl methyl sites for hydroxylation is 1. The molecule has 1 aliphatic rings. The third-order valence-electron chi connectivity index (χ3n) is 5.40. The highest BCUT2D eigenvalue weighted by molar-refractivity contribution is 7.92. The van der Waals surface area contributed by atoms with Gasteiger partial charge in [-0.25, -0.2) is 17.9 Å². The molecule has 4 rings (SSSR count). The van der Waals surface area contributed by atoms with Crippen molar-refractivity contribution in [3.05, 3.63) is 75.3 Å². The zero-order valence-corrected chi connectivity index (χ0v) is 17.4. The van der Waals surface area contributed by atoms with E-state index in [1.165, 1.54) is 24.3 Å². The number of hydrogen-bond acceptors (Lipinski definition) is 4. The third-order valence-corrected chi connectivity index (χ3v) is 6.87. The molecule has 0 amide bonds. The first kappa shape index (κ1) is 20.3. The molecule has 2 aromatic carbocycles. The lowest BCUT2D eigenvalue weighted by Gasteiger charge is -2.18. The maximum absolute atomic E-state index is 13.2. The van der Waals surface area contributed by atoms with Gasteiger partial charge in [-0.15, -0.1) is 0 Å². The fourth-order valence-electron chi connectivity index (χ4n) is 3.87. The Balaban J connectivity index is 1.80. The molecule has 3 aromatic rings. The SMILES string of the molecule is CCc1ccc(-c2n[nH]c(=O)c3c2CCCC3)cc1S(=O)(=O)Nc1ccc(F)cc1. The number of H-pyrrole nitrogens is 1. The zero-order chi connectivity index (χ0) is 21.3. The maximum atomic E-state index is 13.2. The summed E-state index contributed by atoms with van der Waals surface area (Å²) in [6, 6.07) is 10.4. The van der Waals surface area contributed by atoms with Crippen LogP contribution in [0.1, 0.15) is 36.5 Å². The Kier molecular flexibility index (Phi) is 5.42. The molecule has 8 heteroatoms. The first-order valence-electron chi connectivity index (χ1n) is 9.91. The monoisotopic (exact) mass is 427 g/mol. The van der Waals surface area contributed by atoms with Gasteiger partial charge >= 0.3 is 0 Å². The number of aromatic amines is 1. The molecule has 0 bridgehead atoms. The van der Waals surface area contributed by atoms with Gasteiger partial charge < -0.3 is 0 Å². The number of hydrogen-bond donors (Lipinski definition) is 2. The summed E-state index contributed by atoms with van der Waals surface area (Å²) >= 11 is 0. The van der Waals surface area contributed by atoms with Gasteiger partial charge in [-0.05, 0) is 73.6 Å². The quantitative estimate of drug-likeness (QED) is 0.648. The van der Waals surface area contributed by atoms with Crippen molar-refractivity contribution in [1.82, 2.24) is 10.2 Å². The molecule has 0 spiro atoms. The molecule has 0 aliphatic heterocycles. The van der Waals surface area contributed by atoms with E-state index in [1.807, 2.05) is 13.0 Å². The van der Waals surface area contributed by atoms with E-state index in [9.17, 15) is 17.6 Å². The Morgan fingerprint density at radius 3 is 2.47 bits per heavy atom. The highest BCUT2D eigenvalue weighted by atomic mass is 32.2. The Bertz CT molecular complexity index is 1250. The minimum atomic E-state index is -3.90. The summed E-state index contributed by atoms with van der Waals surface area (Å²) in [4.78, 5) is 12.3. The molecule has 0 atom stereocenters. The molecule has 0 fully saturated rings. The van der Waals surface area contributed by atoms with Crippen LogP contribution in [-0.2, 0) is 29.3 Å². The molecule has 6 nitrogen and oxygen atoms in total. The van der Waals surface area contributed by atoms with E-state index in [4.69, 9.17) is 0 Å². The molecule has 1 aliphatic carbocycles. The van der Waals surface area contributed by atoms with Crippen molar-refractivity contribution < 1.29 is 12.8 Å². The Hall–Kier alpha value is -3.00. The first-order chi connectivity index (χ1) is 14.4. The van der Waals surface area contributed by atoms with Crippen molar-refractivity contribution in [3.8, 4) is 11.3 Å². The molecule has 156 valence electrons. The van der Waals surface area contributed by atoms with Crippen molar-refractivity contribution in [2.24, 2.45) is 0 Å². The molecule has 0 radical (unpaired) electrons. The van der Waals surface area contributed by atoms with Crippen LogP contribution in [0.5, 0.6) is 0 Å². The third kappa shape index (κ3) is 3.87. The molecule has 0 saturated carbocycles. The van der Waals surface area contributed by atoms with Crippen LogP contribution < -0.4 is 10.3 Å².